The summed E-state index contributed by atoms with van der Waals surface area (Å²) in [5.74, 6) is -1.57. The SMILES string of the molecule is CC/C=C\C/C=C\C/C=C\C/C=C\CCC(=O)OC(COC(=O)CCCCCCCCCCC/C=C\C/C=C\CCCCC)COP(=O)(O)OCC(CO)OC(=O)CCCCCCCCCCC. The maximum atomic E-state index is 12.8. The van der Waals surface area contributed by atoms with Gasteiger partial charge in [0.1, 0.15) is 12.7 Å². The van der Waals surface area contributed by atoms with E-state index in [1.54, 1.807) is 0 Å². The molecule has 0 saturated carbocycles. The van der Waals surface area contributed by atoms with Crippen LogP contribution in [0.2, 0.25) is 0 Å². The summed E-state index contributed by atoms with van der Waals surface area (Å²) in [6.07, 6.45) is 54.7. The average Bonchev–Trinajstić information content (AvgIpc) is 3.32. The number of carbonyl (C=O) groups excluding carboxylic acids is 3. The number of unbranched alkanes of at least 4 members (excludes halogenated alkanes) is 20. The number of phosphoric acid groups is 1. The fraction of sp³-hybridized carbons (Fsp3) is 0.732. The van der Waals surface area contributed by atoms with Crippen LogP contribution in [0.1, 0.15) is 226 Å². The number of rotatable bonds is 49. The molecule has 0 aliphatic heterocycles. The molecule has 12 heteroatoms. The third-order valence-corrected chi connectivity index (χ3v) is 12.1. The van der Waals surface area contributed by atoms with Crippen molar-refractivity contribution >= 4 is 25.7 Å². The quantitative estimate of drug-likeness (QED) is 0.0197. The van der Waals surface area contributed by atoms with Crippen molar-refractivity contribution in [1.82, 2.24) is 0 Å². The van der Waals surface area contributed by atoms with Crippen molar-refractivity contribution in [2.24, 2.45) is 0 Å². The average molecular weight is 977 g/mol. The number of esters is 3. The molecule has 11 nitrogen and oxygen atoms in total. The monoisotopic (exact) mass is 977 g/mol. The number of aliphatic hydroxyl groups is 1. The molecule has 3 atom stereocenters. The van der Waals surface area contributed by atoms with Crippen molar-refractivity contribution in [3.63, 3.8) is 0 Å². The molecule has 392 valence electrons. The van der Waals surface area contributed by atoms with E-state index in [0.717, 1.165) is 77.0 Å². The van der Waals surface area contributed by atoms with Gasteiger partial charge in [0.25, 0.3) is 0 Å². The molecular weight excluding hydrogens is 880 g/mol. The standard InChI is InChI=1S/C56H97O11P/c1-4-7-10-13-16-19-21-23-24-25-26-27-28-30-31-34-36-39-42-45-54(58)63-49-53(67-56(60)47-44-41-38-35-32-29-22-20-17-14-11-8-5-2)51-65-68(61,62)64-50-52(48-57)66-55(59)46-43-40-37-33-18-15-12-9-6-3/h8,11,16-17,19-20,23-24,29,32,38,41,52-53,57H,4-7,9-10,12-15,18,21-22,25-28,30-31,33-37,39-40,42-51H2,1-3H3,(H,61,62)/b11-8-,19-16-,20-17-,24-23-,32-29-,41-38-. The summed E-state index contributed by atoms with van der Waals surface area (Å²) in [5.41, 5.74) is 0. The predicted molar refractivity (Wildman–Crippen MR) is 279 cm³/mol. The van der Waals surface area contributed by atoms with Crippen LogP contribution < -0.4 is 0 Å². The normalized spacial score (nSPS) is 14.0. The molecule has 0 amide bonds. The highest BCUT2D eigenvalue weighted by Crippen LogP contribution is 2.43. The van der Waals surface area contributed by atoms with Crippen LogP contribution in [0.3, 0.4) is 0 Å². The van der Waals surface area contributed by atoms with Crippen LogP contribution in [-0.4, -0.2) is 66.5 Å². The third kappa shape index (κ3) is 48.0. The third-order valence-electron chi connectivity index (χ3n) is 11.1. The van der Waals surface area contributed by atoms with Gasteiger partial charge in [-0.15, -0.1) is 0 Å². The van der Waals surface area contributed by atoms with Crippen LogP contribution in [0.15, 0.2) is 72.9 Å². The molecule has 2 N–H and O–H groups in total. The Labute approximate surface area is 414 Å². The molecule has 0 aliphatic rings. The van der Waals surface area contributed by atoms with E-state index < -0.39 is 57.8 Å². The summed E-state index contributed by atoms with van der Waals surface area (Å²) < 4.78 is 39.2. The molecule has 0 aromatic rings. The zero-order valence-corrected chi connectivity index (χ0v) is 43.9. The Morgan fingerprint density at radius 3 is 1.29 bits per heavy atom. The van der Waals surface area contributed by atoms with Crippen LogP contribution in [0.4, 0.5) is 0 Å². The molecule has 0 fully saturated rings. The van der Waals surface area contributed by atoms with Gasteiger partial charge in [-0.25, -0.2) is 4.57 Å². The Kier molecular flexibility index (Phi) is 48.0. The van der Waals surface area contributed by atoms with Crippen LogP contribution in [-0.2, 0) is 42.2 Å². The van der Waals surface area contributed by atoms with Crippen molar-refractivity contribution in [1.29, 1.82) is 0 Å². The Morgan fingerprint density at radius 2 is 0.794 bits per heavy atom. The van der Waals surface area contributed by atoms with Gasteiger partial charge in [-0.2, -0.15) is 0 Å². The summed E-state index contributed by atoms with van der Waals surface area (Å²) in [5, 5.41) is 9.74. The smallest absolute Gasteiger partial charge is 0.462 e. The predicted octanol–water partition coefficient (Wildman–Crippen LogP) is 15.4. The summed E-state index contributed by atoms with van der Waals surface area (Å²) in [6, 6.07) is 0. The van der Waals surface area contributed by atoms with Crippen molar-refractivity contribution in [2.75, 3.05) is 26.4 Å². The first-order chi connectivity index (χ1) is 33.2. The molecule has 0 rings (SSSR count). The Hall–Kier alpha value is -3.08. The van der Waals surface area contributed by atoms with Gasteiger partial charge in [0, 0.05) is 19.3 Å². The molecule has 3 unspecified atom stereocenters. The topological polar surface area (TPSA) is 155 Å². The van der Waals surface area contributed by atoms with E-state index in [1.165, 1.54) is 89.9 Å². The van der Waals surface area contributed by atoms with Crippen LogP contribution in [0, 0.1) is 0 Å². The molecular formula is C56H97O11P. The number of aliphatic hydroxyl groups excluding tert-OH is 1. The Morgan fingerprint density at radius 1 is 0.426 bits per heavy atom. The van der Waals surface area contributed by atoms with E-state index in [4.69, 9.17) is 23.3 Å². The number of carbonyl (C=O) groups is 3. The van der Waals surface area contributed by atoms with Gasteiger partial charge in [-0.3, -0.25) is 23.4 Å². The highest BCUT2D eigenvalue weighted by atomic mass is 31.2. The van der Waals surface area contributed by atoms with Crippen molar-refractivity contribution in [2.45, 2.75) is 238 Å². The lowest BCUT2D eigenvalue weighted by atomic mass is 10.1. The summed E-state index contributed by atoms with van der Waals surface area (Å²) in [4.78, 5) is 48.2. The van der Waals surface area contributed by atoms with E-state index >= 15 is 0 Å². The minimum Gasteiger partial charge on any atom is -0.462 e. The van der Waals surface area contributed by atoms with Gasteiger partial charge in [0.05, 0.1) is 19.8 Å². The molecule has 0 aromatic heterocycles. The molecule has 0 bridgehead atoms. The van der Waals surface area contributed by atoms with Crippen LogP contribution >= 0.6 is 7.82 Å². The van der Waals surface area contributed by atoms with E-state index in [-0.39, 0.29) is 25.9 Å². The zero-order valence-electron chi connectivity index (χ0n) is 43.1. The maximum Gasteiger partial charge on any atom is 0.472 e. The zero-order chi connectivity index (χ0) is 49.9. The largest absolute Gasteiger partial charge is 0.472 e. The number of phosphoric ester groups is 1. The summed E-state index contributed by atoms with van der Waals surface area (Å²) in [7, 11) is -4.76. The van der Waals surface area contributed by atoms with Crippen LogP contribution in [0.5, 0.6) is 0 Å². The van der Waals surface area contributed by atoms with Crippen molar-refractivity contribution in [3.05, 3.63) is 72.9 Å². The van der Waals surface area contributed by atoms with Gasteiger partial charge in [0.15, 0.2) is 6.10 Å². The number of allylic oxidation sites excluding steroid dienone is 12. The molecule has 0 aliphatic carbocycles. The first-order valence-electron chi connectivity index (χ1n) is 26.8. The second kappa shape index (κ2) is 50.3. The van der Waals surface area contributed by atoms with E-state index in [0.29, 0.717) is 19.3 Å². The van der Waals surface area contributed by atoms with E-state index in [2.05, 4.69) is 81.5 Å². The molecule has 68 heavy (non-hydrogen) atoms. The minimum atomic E-state index is -4.76. The van der Waals surface area contributed by atoms with Crippen molar-refractivity contribution in [3.8, 4) is 0 Å². The fourth-order valence-electron chi connectivity index (χ4n) is 7.05. The lowest BCUT2D eigenvalue weighted by Crippen LogP contribution is -2.30. The molecule has 0 aromatic carbocycles. The Balaban J connectivity index is 4.77. The van der Waals surface area contributed by atoms with Gasteiger partial charge < -0.3 is 24.2 Å². The minimum absolute atomic E-state index is 0.0449. The first-order valence-corrected chi connectivity index (χ1v) is 28.3. The maximum absolute atomic E-state index is 12.8. The second-order valence-corrected chi connectivity index (χ2v) is 19.1. The summed E-state index contributed by atoms with van der Waals surface area (Å²) in [6.45, 7) is 4.38. The van der Waals surface area contributed by atoms with E-state index in [1.807, 2.05) is 12.2 Å². The molecule has 0 radical (unpaired) electrons. The van der Waals surface area contributed by atoms with Gasteiger partial charge >= 0.3 is 25.7 Å². The number of hydrogen-bond donors (Lipinski definition) is 2. The first kappa shape index (κ1) is 64.9. The number of ether oxygens (including phenoxy) is 3. The summed E-state index contributed by atoms with van der Waals surface area (Å²) >= 11 is 0. The highest BCUT2D eigenvalue weighted by Gasteiger charge is 2.28. The number of hydrogen-bond acceptors (Lipinski definition) is 10. The fourth-order valence-corrected chi connectivity index (χ4v) is 7.83. The second-order valence-electron chi connectivity index (χ2n) is 17.7. The van der Waals surface area contributed by atoms with Gasteiger partial charge in [-0.05, 0) is 77.0 Å². The van der Waals surface area contributed by atoms with Crippen LogP contribution in [0.25, 0.3) is 0 Å². The molecule has 0 saturated heterocycles. The molecule has 0 heterocycles. The van der Waals surface area contributed by atoms with E-state index in [9.17, 15) is 28.9 Å². The highest BCUT2D eigenvalue weighted by molar-refractivity contribution is 7.47. The lowest BCUT2D eigenvalue weighted by molar-refractivity contribution is -0.161. The van der Waals surface area contributed by atoms with Crippen molar-refractivity contribution < 1.29 is 52.2 Å². The van der Waals surface area contributed by atoms with Gasteiger partial charge in [0.2, 0.25) is 0 Å². The van der Waals surface area contributed by atoms with Gasteiger partial charge in [-0.1, -0.05) is 203 Å². The Bertz CT molecular complexity index is 1420. The lowest BCUT2D eigenvalue weighted by Gasteiger charge is -2.21. The molecule has 0 spiro atoms.